The van der Waals surface area contributed by atoms with E-state index in [9.17, 15) is 24.4 Å². The molecular formula is C20H37N3O6S. The fourth-order valence-corrected chi connectivity index (χ4v) is 3.46. The van der Waals surface area contributed by atoms with Gasteiger partial charge < -0.3 is 15.4 Å². The Balaban J connectivity index is 5.19. The highest BCUT2D eigenvalue weighted by Gasteiger charge is 2.31. The highest BCUT2D eigenvalue weighted by Crippen LogP contribution is 2.28. The molecule has 0 aromatic rings. The number of nitrogens with one attached hydrogen (secondary N) is 2. The molecule has 0 radical (unpaired) electrons. The summed E-state index contributed by atoms with van der Waals surface area (Å²) >= 11 is 1.58. The standard InChI is InChI=1S/C20H37N3O6S/c1-13(2)8-9-14(12-30-20(3,4)5)18(26)23(28)19(27)22-15(17(25)21-6)10-11-16(24)29-7/h13-15,28H,8-12H2,1-7H3,(H,21,25)(H,22,27)/t14-,15+/m1/s1. The van der Waals surface area contributed by atoms with Crippen LogP contribution < -0.4 is 10.6 Å². The molecule has 0 aromatic heterocycles. The highest BCUT2D eigenvalue weighted by atomic mass is 32.2. The summed E-state index contributed by atoms with van der Waals surface area (Å²) < 4.78 is 4.46. The molecule has 0 rings (SSSR count). The lowest BCUT2D eigenvalue weighted by atomic mass is 9.98. The maximum atomic E-state index is 12.8. The van der Waals surface area contributed by atoms with Crippen molar-refractivity contribution < 1.29 is 29.1 Å². The number of hydrogen-bond acceptors (Lipinski definition) is 7. The summed E-state index contributed by atoms with van der Waals surface area (Å²) in [6.45, 7) is 10.2. The van der Waals surface area contributed by atoms with Crippen LogP contribution in [-0.4, -0.2) is 64.8 Å². The third-order valence-corrected chi connectivity index (χ3v) is 5.72. The van der Waals surface area contributed by atoms with Crippen molar-refractivity contribution in [2.24, 2.45) is 11.8 Å². The number of nitrogens with zero attached hydrogens (tertiary/aromatic N) is 1. The van der Waals surface area contributed by atoms with Crippen LogP contribution in [0.1, 0.15) is 60.3 Å². The quantitative estimate of drug-likeness (QED) is 0.252. The predicted octanol–water partition coefficient (Wildman–Crippen LogP) is 2.57. The summed E-state index contributed by atoms with van der Waals surface area (Å²) in [5, 5.41) is 14.9. The fraction of sp³-hybridized carbons (Fsp3) is 0.800. The second kappa shape index (κ2) is 13.5. The molecule has 0 heterocycles. The van der Waals surface area contributed by atoms with Crippen LogP contribution in [0.4, 0.5) is 4.79 Å². The number of likely N-dealkylation sites (N-methyl/N-ethyl adjacent to an activating group) is 1. The van der Waals surface area contributed by atoms with Crippen LogP contribution >= 0.6 is 11.8 Å². The molecule has 0 aliphatic heterocycles. The van der Waals surface area contributed by atoms with Gasteiger partial charge in [-0.1, -0.05) is 41.0 Å². The van der Waals surface area contributed by atoms with Gasteiger partial charge in [-0.25, -0.2) is 4.79 Å². The molecule has 0 saturated carbocycles. The van der Waals surface area contributed by atoms with Crippen molar-refractivity contribution in [1.29, 1.82) is 0 Å². The summed E-state index contributed by atoms with van der Waals surface area (Å²) in [5.74, 6) is -1.51. The average molecular weight is 448 g/mol. The Morgan fingerprint density at radius 1 is 1.10 bits per heavy atom. The molecule has 0 saturated heterocycles. The van der Waals surface area contributed by atoms with Crippen molar-refractivity contribution in [2.45, 2.75) is 71.1 Å². The normalized spacial score (nSPS) is 13.4. The maximum absolute atomic E-state index is 12.8. The Kier molecular flexibility index (Phi) is 12.7. The minimum absolute atomic E-state index is 0.0310. The minimum Gasteiger partial charge on any atom is -0.469 e. The fourth-order valence-electron chi connectivity index (χ4n) is 2.45. The molecule has 0 unspecified atom stereocenters. The SMILES string of the molecule is CNC(=O)[C@H](CCC(=O)OC)NC(=O)N(O)C(=O)[C@H](CCC(C)C)CSC(C)(C)C. The summed E-state index contributed by atoms with van der Waals surface area (Å²) in [7, 11) is 2.60. The van der Waals surface area contributed by atoms with Crippen LogP contribution in [0.5, 0.6) is 0 Å². The second-order valence-electron chi connectivity index (χ2n) is 8.47. The smallest absolute Gasteiger partial charge is 0.349 e. The van der Waals surface area contributed by atoms with Gasteiger partial charge in [-0.3, -0.25) is 19.6 Å². The van der Waals surface area contributed by atoms with Crippen molar-refractivity contribution >= 4 is 35.6 Å². The van der Waals surface area contributed by atoms with E-state index in [0.29, 0.717) is 18.1 Å². The van der Waals surface area contributed by atoms with Crippen LogP contribution in [0.2, 0.25) is 0 Å². The lowest BCUT2D eigenvalue weighted by Gasteiger charge is -2.26. The molecule has 0 aromatic carbocycles. The third-order valence-electron chi connectivity index (χ3n) is 4.29. The number of methoxy groups -OCH3 is 1. The number of esters is 1. The molecule has 174 valence electrons. The molecule has 30 heavy (non-hydrogen) atoms. The van der Waals surface area contributed by atoms with Gasteiger partial charge >= 0.3 is 12.0 Å². The number of rotatable bonds is 11. The number of carbonyl (C=O) groups excluding carboxylic acids is 4. The van der Waals surface area contributed by atoms with Gasteiger partial charge in [0.15, 0.2) is 0 Å². The summed E-state index contributed by atoms with van der Waals surface area (Å²) in [4.78, 5) is 48.5. The van der Waals surface area contributed by atoms with Crippen molar-refractivity contribution in [3.8, 4) is 0 Å². The lowest BCUT2D eigenvalue weighted by molar-refractivity contribution is -0.157. The lowest BCUT2D eigenvalue weighted by Crippen LogP contribution is -2.52. The number of thioether (sulfide) groups is 1. The van der Waals surface area contributed by atoms with E-state index in [2.05, 4.69) is 15.4 Å². The number of hydrogen-bond donors (Lipinski definition) is 3. The number of imide groups is 1. The highest BCUT2D eigenvalue weighted by molar-refractivity contribution is 8.00. The van der Waals surface area contributed by atoms with E-state index in [1.165, 1.54) is 14.2 Å². The molecule has 9 nitrogen and oxygen atoms in total. The van der Waals surface area contributed by atoms with E-state index < -0.39 is 35.8 Å². The van der Waals surface area contributed by atoms with E-state index in [-0.39, 0.29) is 22.7 Å². The zero-order chi connectivity index (χ0) is 23.5. The second-order valence-corrected chi connectivity index (χ2v) is 10.3. The third kappa shape index (κ3) is 11.4. The Morgan fingerprint density at radius 3 is 2.17 bits per heavy atom. The van der Waals surface area contributed by atoms with Crippen LogP contribution in [0.3, 0.4) is 0 Å². The van der Waals surface area contributed by atoms with Crippen molar-refractivity contribution in [2.75, 3.05) is 19.9 Å². The maximum Gasteiger partial charge on any atom is 0.349 e. The monoisotopic (exact) mass is 447 g/mol. The first kappa shape index (κ1) is 28.2. The number of amides is 4. The number of urea groups is 1. The molecule has 0 bridgehead atoms. The molecule has 0 aliphatic carbocycles. The van der Waals surface area contributed by atoms with Gasteiger partial charge in [-0.2, -0.15) is 11.8 Å². The minimum atomic E-state index is -1.10. The van der Waals surface area contributed by atoms with Gasteiger partial charge in [0.25, 0.3) is 5.91 Å². The first-order chi connectivity index (χ1) is 13.8. The van der Waals surface area contributed by atoms with E-state index in [1.54, 1.807) is 11.8 Å². The Hall–Kier alpha value is -1.81. The van der Waals surface area contributed by atoms with Crippen LogP contribution in [-0.2, 0) is 19.1 Å². The van der Waals surface area contributed by atoms with Crippen LogP contribution in [0.25, 0.3) is 0 Å². The number of ether oxygens (including phenoxy) is 1. The Bertz CT molecular complexity index is 592. The van der Waals surface area contributed by atoms with E-state index >= 15 is 0 Å². The zero-order valence-electron chi connectivity index (χ0n) is 19.1. The van der Waals surface area contributed by atoms with Gasteiger partial charge in [0.1, 0.15) is 6.04 Å². The van der Waals surface area contributed by atoms with E-state index in [1.807, 2.05) is 34.6 Å². The molecule has 4 amide bonds. The van der Waals surface area contributed by atoms with Crippen LogP contribution in [0.15, 0.2) is 0 Å². The van der Waals surface area contributed by atoms with Gasteiger partial charge in [0.2, 0.25) is 5.91 Å². The average Bonchev–Trinajstić information content (AvgIpc) is 2.67. The zero-order valence-corrected chi connectivity index (χ0v) is 19.9. The molecule has 0 spiro atoms. The van der Waals surface area contributed by atoms with Gasteiger partial charge in [0.05, 0.1) is 7.11 Å². The van der Waals surface area contributed by atoms with Gasteiger partial charge in [0, 0.05) is 29.9 Å². The van der Waals surface area contributed by atoms with Crippen molar-refractivity contribution in [3.63, 3.8) is 0 Å². The summed E-state index contributed by atoms with van der Waals surface area (Å²) in [6, 6.07) is -2.20. The van der Waals surface area contributed by atoms with Crippen molar-refractivity contribution in [1.82, 2.24) is 15.7 Å². The van der Waals surface area contributed by atoms with Gasteiger partial charge in [-0.05, 0) is 18.8 Å². The number of carbonyl (C=O) groups is 4. The topological polar surface area (TPSA) is 125 Å². The summed E-state index contributed by atoms with van der Waals surface area (Å²) in [5.41, 5.74) is 0. The van der Waals surface area contributed by atoms with E-state index in [0.717, 1.165) is 6.42 Å². The molecule has 3 N–H and O–H groups in total. The largest absolute Gasteiger partial charge is 0.469 e. The molecule has 2 atom stereocenters. The molecule has 0 aliphatic rings. The molecular weight excluding hydrogens is 410 g/mol. The Morgan fingerprint density at radius 2 is 1.70 bits per heavy atom. The molecule has 10 heteroatoms. The van der Waals surface area contributed by atoms with Gasteiger partial charge in [-0.15, -0.1) is 5.06 Å². The number of hydroxylamine groups is 2. The van der Waals surface area contributed by atoms with Crippen molar-refractivity contribution in [3.05, 3.63) is 0 Å². The molecule has 0 fully saturated rings. The summed E-state index contributed by atoms with van der Waals surface area (Å²) in [6.07, 6.45) is 1.17. The first-order valence-corrected chi connectivity index (χ1v) is 11.1. The van der Waals surface area contributed by atoms with E-state index in [4.69, 9.17) is 0 Å². The predicted molar refractivity (Wildman–Crippen MR) is 116 cm³/mol. The first-order valence-electron chi connectivity index (χ1n) is 10.1. The Labute approximate surface area is 183 Å². The van der Waals surface area contributed by atoms with Crippen LogP contribution in [0, 0.1) is 11.8 Å².